The second-order valence-electron chi connectivity index (χ2n) is 4.20. The summed E-state index contributed by atoms with van der Waals surface area (Å²) in [7, 11) is 0. The number of fused-ring (bicyclic) bond motifs is 1. The number of aromatic amines is 1. The zero-order valence-corrected chi connectivity index (χ0v) is 11.4. The molecule has 3 aromatic rings. The third kappa shape index (κ3) is 2.13. The number of carbonyl (C=O) groups is 1. The molecule has 0 fully saturated rings. The van der Waals surface area contributed by atoms with Crippen molar-refractivity contribution in [1.82, 2.24) is 9.97 Å². The van der Waals surface area contributed by atoms with Gasteiger partial charge in [0.2, 0.25) is 0 Å². The molecule has 0 bridgehead atoms. The Morgan fingerprint density at radius 2 is 2.00 bits per heavy atom. The van der Waals surface area contributed by atoms with Crippen LogP contribution in [0.5, 0.6) is 0 Å². The first-order chi connectivity index (χ1) is 9.15. The number of nitrogens with one attached hydrogen (secondary N) is 1. The lowest BCUT2D eigenvalue weighted by molar-refractivity contribution is 0.104. The molecular formula is C14H10BrN3O. The Hall–Kier alpha value is -2.14. The highest BCUT2D eigenvalue weighted by molar-refractivity contribution is 9.10. The van der Waals surface area contributed by atoms with Crippen molar-refractivity contribution in [2.24, 2.45) is 0 Å². The molecular weight excluding hydrogens is 306 g/mol. The molecule has 2 aromatic heterocycles. The monoisotopic (exact) mass is 315 g/mol. The Bertz CT molecular complexity index is 762. The summed E-state index contributed by atoms with van der Waals surface area (Å²) < 4.78 is 0.839. The van der Waals surface area contributed by atoms with Crippen LogP contribution in [0.3, 0.4) is 0 Å². The zero-order chi connectivity index (χ0) is 13.4. The second kappa shape index (κ2) is 4.51. The predicted octanol–water partition coefficient (Wildman–Crippen LogP) is 3.14. The highest BCUT2D eigenvalue weighted by atomic mass is 79.9. The van der Waals surface area contributed by atoms with Crippen LogP contribution in [-0.4, -0.2) is 15.8 Å². The minimum Gasteiger partial charge on any atom is -0.399 e. The number of hydrogen-bond donors (Lipinski definition) is 2. The molecule has 3 rings (SSSR count). The molecule has 19 heavy (non-hydrogen) atoms. The second-order valence-corrected chi connectivity index (χ2v) is 5.12. The largest absolute Gasteiger partial charge is 0.399 e. The van der Waals surface area contributed by atoms with Crippen molar-refractivity contribution in [2.45, 2.75) is 0 Å². The molecule has 0 aliphatic rings. The number of nitrogens with zero attached hydrogens (tertiary/aromatic N) is 1. The highest BCUT2D eigenvalue weighted by Crippen LogP contribution is 2.23. The fraction of sp³-hybridized carbons (Fsp3) is 0. The summed E-state index contributed by atoms with van der Waals surface area (Å²) in [6, 6.07) is 8.76. The molecule has 2 heterocycles. The van der Waals surface area contributed by atoms with Crippen LogP contribution in [0.15, 0.2) is 47.2 Å². The molecule has 1 aromatic carbocycles. The maximum absolute atomic E-state index is 12.4. The van der Waals surface area contributed by atoms with Gasteiger partial charge in [0.05, 0.1) is 0 Å². The number of H-pyrrole nitrogens is 1. The minimum atomic E-state index is -0.0499. The summed E-state index contributed by atoms with van der Waals surface area (Å²) in [6.45, 7) is 0. The van der Waals surface area contributed by atoms with Crippen molar-refractivity contribution in [3.8, 4) is 0 Å². The molecule has 4 nitrogen and oxygen atoms in total. The van der Waals surface area contributed by atoms with Crippen LogP contribution in [0, 0.1) is 0 Å². The Morgan fingerprint density at radius 3 is 2.74 bits per heavy atom. The van der Waals surface area contributed by atoms with Gasteiger partial charge in [-0.15, -0.1) is 0 Å². The van der Waals surface area contributed by atoms with E-state index in [9.17, 15) is 4.79 Å². The lowest BCUT2D eigenvalue weighted by Gasteiger charge is -2.00. The molecule has 0 saturated heterocycles. The van der Waals surface area contributed by atoms with Gasteiger partial charge in [-0.2, -0.15) is 0 Å². The molecule has 0 aliphatic carbocycles. The molecule has 0 radical (unpaired) electrons. The lowest BCUT2D eigenvalue weighted by Crippen LogP contribution is -2.00. The summed E-state index contributed by atoms with van der Waals surface area (Å²) in [6.07, 6.45) is 3.37. The Morgan fingerprint density at radius 1 is 1.26 bits per heavy atom. The van der Waals surface area contributed by atoms with E-state index in [0.717, 1.165) is 9.86 Å². The standard InChI is InChI=1S/C14H10BrN3O/c15-9-5-11-12(7-18-14(11)17-6-9)13(19)8-1-3-10(16)4-2-8/h1-7H,16H2,(H,17,18). The van der Waals surface area contributed by atoms with E-state index in [-0.39, 0.29) is 5.78 Å². The Labute approximate surface area is 117 Å². The normalized spacial score (nSPS) is 10.8. The number of halogens is 1. The summed E-state index contributed by atoms with van der Waals surface area (Å²) in [5.74, 6) is -0.0499. The average molecular weight is 316 g/mol. The van der Waals surface area contributed by atoms with E-state index < -0.39 is 0 Å². The number of anilines is 1. The number of pyridine rings is 1. The van der Waals surface area contributed by atoms with Gasteiger partial charge in [-0.1, -0.05) is 0 Å². The van der Waals surface area contributed by atoms with Crippen molar-refractivity contribution < 1.29 is 4.79 Å². The average Bonchev–Trinajstić information content (AvgIpc) is 2.81. The van der Waals surface area contributed by atoms with Gasteiger partial charge >= 0.3 is 0 Å². The van der Waals surface area contributed by atoms with E-state index in [1.807, 2.05) is 6.07 Å². The Kier molecular flexibility index (Phi) is 2.83. The van der Waals surface area contributed by atoms with Gasteiger partial charge in [0.15, 0.2) is 5.78 Å². The van der Waals surface area contributed by atoms with Gasteiger partial charge in [-0.25, -0.2) is 4.98 Å². The third-order valence-corrected chi connectivity index (χ3v) is 3.35. The molecule has 94 valence electrons. The first-order valence-corrected chi connectivity index (χ1v) is 6.47. The van der Waals surface area contributed by atoms with Gasteiger partial charge in [0.1, 0.15) is 5.65 Å². The number of nitrogens with two attached hydrogens (primary N) is 1. The molecule has 0 atom stereocenters. The number of nitrogen functional groups attached to an aromatic ring is 1. The van der Waals surface area contributed by atoms with Gasteiger partial charge in [0.25, 0.3) is 0 Å². The minimum absolute atomic E-state index is 0.0499. The van der Waals surface area contributed by atoms with Crippen LogP contribution in [-0.2, 0) is 0 Å². The highest BCUT2D eigenvalue weighted by Gasteiger charge is 2.14. The van der Waals surface area contributed by atoms with E-state index in [0.29, 0.717) is 22.5 Å². The molecule has 0 amide bonds. The number of ketones is 1. The van der Waals surface area contributed by atoms with Crippen LogP contribution in [0.1, 0.15) is 15.9 Å². The maximum atomic E-state index is 12.4. The van der Waals surface area contributed by atoms with Crippen molar-refractivity contribution in [3.63, 3.8) is 0 Å². The smallest absolute Gasteiger partial charge is 0.195 e. The van der Waals surface area contributed by atoms with Crippen molar-refractivity contribution >= 4 is 38.4 Å². The molecule has 0 saturated carbocycles. The Balaban J connectivity index is 2.11. The SMILES string of the molecule is Nc1ccc(C(=O)c2c[nH]c3ncc(Br)cc23)cc1. The third-order valence-electron chi connectivity index (χ3n) is 2.92. The number of aromatic nitrogens is 2. The van der Waals surface area contributed by atoms with E-state index in [2.05, 4.69) is 25.9 Å². The van der Waals surface area contributed by atoms with E-state index in [4.69, 9.17) is 5.73 Å². The van der Waals surface area contributed by atoms with Crippen LogP contribution < -0.4 is 5.73 Å². The van der Waals surface area contributed by atoms with Crippen LogP contribution >= 0.6 is 15.9 Å². The first kappa shape index (κ1) is 11.9. The van der Waals surface area contributed by atoms with Crippen LogP contribution in [0.25, 0.3) is 11.0 Å². The van der Waals surface area contributed by atoms with E-state index >= 15 is 0 Å². The van der Waals surface area contributed by atoms with Crippen molar-refractivity contribution in [3.05, 3.63) is 58.3 Å². The fourth-order valence-corrected chi connectivity index (χ4v) is 2.29. The molecule has 5 heteroatoms. The van der Waals surface area contributed by atoms with Gasteiger partial charge in [-0.05, 0) is 46.3 Å². The molecule has 0 spiro atoms. The summed E-state index contributed by atoms with van der Waals surface area (Å²) in [5.41, 5.74) is 8.17. The van der Waals surface area contributed by atoms with Gasteiger partial charge in [0, 0.05) is 39.1 Å². The van der Waals surface area contributed by atoms with Crippen LogP contribution in [0.4, 0.5) is 5.69 Å². The van der Waals surface area contributed by atoms with E-state index in [1.165, 1.54) is 0 Å². The van der Waals surface area contributed by atoms with Crippen molar-refractivity contribution in [1.29, 1.82) is 0 Å². The number of benzene rings is 1. The number of carbonyl (C=O) groups excluding carboxylic acids is 1. The topological polar surface area (TPSA) is 71.8 Å². The number of hydrogen-bond acceptors (Lipinski definition) is 3. The van der Waals surface area contributed by atoms with Crippen LogP contribution in [0.2, 0.25) is 0 Å². The maximum Gasteiger partial charge on any atom is 0.195 e. The quantitative estimate of drug-likeness (QED) is 0.563. The summed E-state index contributed by atoms with van der Waals surface area (Å²) in [4.78, 5) is 19.7. The van der Waals surface area contributed by atoms with Gasteiger partial charge in [-0.3, -0.25) is 4.79 Å². The fourth-order valence-electron chi connectivity index (χ4n) is 1.96. The molecule has 0 aliphatic heterocycles. The molecule has 0 unspecified atom stereocenters. The number of rotatable bonds is 2. The molecule has 3 N–H and O–H groups in total. The summed E-state index contributed by atoms with van der Waals surface area (Å²) in [5, 5.41) is 0.802. The summed E-state index contributed by atoms with van der Waals surface area (Å²) >= 11 is 3.36. The van der Waals surface area contributed by atoms with E-state index in [1.54, 1.807) is 36.7 Å². The zero-order valence-electron chi connectivity index (χ0n) is 9.85. The predicted molar refractivity (Wildman–Crippen MR) is 78.1 cm³/mol. The van der Waals surface area contributed by atoms with Crippen molar-refractivity contribution in [2.75, 3.05) is 5.73 Å². The van der Waals surface area contributed by atoms with Gasteiger partial charge < -0.3 is 10.7 Å². The lowest BCUT2D eigenvalue weighted by atomic mass is 10.0. The first-order valence-electron chi connectivity index (χ1n) is 5.68.